The molecule has 2 aromatic heterocycles. The van der Waals surface area contributed by atoms with Crippen LogP contribution in [0.4, 0.5) is 0 Å². The summed E-state index contributed by atoms with van der Waals surface area (Å²) in [6.07, 6.45) is 3.28. The molecule has 0 spiro atoms. The SMILES string of the molecule is CC1(C)C[C@@H](NC(=O)c2ccc3nnnn3c2)CCO1. The summed E-state index contributed by atoms with van der Waals surface area (Å²) in [7, 11) is 0. The van der Waals surface area contributed by atoms with Gasteiger partial charge in [0, 0.05) is 18.8 Å². The minimum Gasteiger partial charge on any atom is -0.375 e. The van der Waals surface area contributed by atoms with Gasteiger partial charge in [-0.2, -0.15) is 4.52 Å². The van der Waals surface area contributed by atoms with Crippen LogP contribution in [0.25, 0.3) is 5.65 Å². The average Bonchev–Trinajstić information content (AvgIpc) is 2.84. The Balaban J connectivity index is 1.72. The van der Waals surface area contributed by atoms with Crippen molar-refractivity contribution in [2.75, 3.05) is 6.61 Å². The smallest absolute Gasteiger partial charge is 0.253 e. The number of amides is 1. The second-order valence-corrected chi connectivity index (χ2v) is 5.67. The Labute approximate surface area is 116 Å². The molecule has 7 heteroatoms. The lowest BCUT2D eigenvalue weighted by atomic mass is 9.94. The molecule has 7 nitrogen and oxygen atoms in total. The van der Waals surface area contributed by atoms with Gasteiger partial charge in [-0.15, -0.1) is 5.10 Å². The van der Waals surface area contributed by atoms with Crippen LogP contribution in [0.1, 0.15) is 37.0 Å². The lowest BCUT2D eigenvalue weighted by Gasteiger charge is -2.35. The Bertz CT molecular complexity index is 636. The first-order valence-electron chi connectivity index (χ1n) is 6.66. The summed E-state index contributed by atoms with van der Waals surface area (Å²) in [4.78, 5) is 12.3. The van der Waals surface area contributed by atoms with E-state index in [1.807, 2.05) is 13.8 Å². The van der Waals surface area contributed by atoms with Crippen molar-refractivity contribution in [3.05, 3.63) is 23.9 Å². The first-order valence-corrected chi connectivity index (χ1v) is 6.66. The summed E-state index contributed by atoms with van der Waals surface area (Å²) in [5.41, 5.74) is 0.985. The van der Waals surface area contributed by atoms with E-state index in [1.54, 1.807) is 18.3 Å². The van der Waals surface area contributed by atoms with E-state index >= 15 is 0 Å². The molecule has 1 fully saturated rings. The minimum absolute atomic E-state index is 0.106. The Kier molecular flexibility index (Phi) is 3.13. The van der Waals surface area contributed by atoms with Crippen LogP contribution < -0.4 is 5.32 Å². The van der Waals surface area contributed by atoms with Crippen LogP contribution in [0, 0.1) is 0 Å². The molecule has 0 radical (unpaired) electrons. The van der Waals surface area contributed by atoms with Gasteiger partial charge >= 0.3 is 0 Å². The molecular weight excluding hydrogens is 258 g/mol. The van der Waals surface area contributed by atoms with Gasteiger partial charge in [0.15, 0.2) is 5.65 Å². The van der Waals surface area contributed by atoms with E-state index < -0.39 is 0 Å². The van der Waals surface area contributed by atoms with Crippen molar-refractivity contribution in [1.29, 1.82) is 0 Å². The number of rotatable bonds is 2. The molecule has 1 N–H and O–H groups in total. The van der Waals surface area contributed by atoms with Crippen LogP contribution in [0.3, 0.4) is 0 Å². The summed E-state index contributed by atoms with van der Waals surface area (Å²) in [5.74, 6) is -0.106. The van der Waals surface area contributed by atoms with Crippen molar-refractivity contribution in [1.82, 2.24) is 25.4 Å². The second-order valence-electron chi connectivity index (χ2n) is 5.67. The number of carbonyl (C=O) groups is 1. The molecule has 20 heavy (non-hydrogen) atoms. The van der Waals surface area contributed by atoms with Crippen molar-refractivity contribution < 1.29 is 9.53 Å². The Hall–Kier alpha value is -2.02. The van der Waals surface area contributed by atoms with Crippen LogP contribution >= 0.6 is 0 Å². The third-order valence-corrected chi connectivity index (χ3v) is 3.49. The molecule has 0 saturated carbocycles. The highest BCUT2D eigenvalue weighted by Gasteiger charge is 2.29. The van der Waals surface area contributed by atoms with Gasteiger partial charge in [0.25, 0.3) is 5.91 Å². The molecule has 1 aliphatic heterocycles. The predicted octanol–water partition coefficient (Wildman–Crippen LogP) is 0.812. The number of fused-ring (bicyclic) bond motifs is 1. The number of hydrogen-bond donors (Lipinski definition) is 1. The third-order valence-electron chi connectivity index (χ3n) is 3.49. The molecule has 0 bridgehead atoms. The summed E-state index contributed by atoms with van der Waals surface area (Å²) in [6.45, 7) is 4.75. The maximum atomic E-state index is 12.3. The molecule has 1 aliphatic rings. The molecule has 3 rings (SSSR count). The molecule has 0 unspecified atom stereocenters. The molecule has 0 aliphatic carbocycles. The monoisotopic (exact) mass is 275 g/mol. The number of pyridine rings is 1. The maximum absolute atomic E-state index is 12.3. The van der Waals surface area contributed by atoms with Crippen LogP contribution in [-0.2, 0) is 4.74 Å². The first-order chi connectivity index (χ1) is 9.53. The lowest BCUT2D eigenvalue weighted by Crippen LogP contribution is -2.45. The van der Waals surface area contributed by atoms with Gasteiger partial charge < -0.3 is 10.1 Å². The standard InChI is InChI=1S/C13H17N5O2/c1-13(2)7-10(5-6-20-13)14-12(19)9-3-4-11-15-16-17-18(11)8-9/h3-4,8,10H,5-7H2,1-2H3,(H,14,19)/t10-/m0/s1. The van der Waals surface area contributed by atoms with Crippen molar-refractivity contribution in [2.45, 2.75) is 38.3 Å². The lowest BCUT2D eigenvalue weighted by molar-refractivity contribution is -0.0615. The molecule has 1 saturated heterocycles. The average molecular weight is 275 g/mol. The third kappa shape index (κ3) is 2.62. The predicted molar refractivity (Wildman–Crippen MR) is 71.3 cm³/mol. The van der Waals surface area contributed by atoms with Gasteiger partial charge in [0.2, 0.25) is 0 Å². The highest BCUT2D eigenvalue weighted by atomic mass is 16.5. The van der Waals surface area contributed by atoms with Gasteiger partial charge in [-0.05, 0) is 49.2 Å². The normalized spacial score (nSPS) is 21.8. The van der Waals surface area contributed by atoms with E-state index in [9.17, 15) is 4.79 Å². The number of carbonyl (C=O) groups excluding carboxylic acids is 1. The molecule has 1 atom stereocenters. The van der Waals surface area contributed by atoms with Gasteiger partial charge in [0.05, 0.1) is 11.2 Å². The van der Waals surface area contributed by atoms with E-state index in [1.165, 1.54) is 4.52 Å². The fourth-order valence-corrected chi connectivity index (χ4v) is 2.50. The maximum Gasteiger partial charge on any atom is 0.253 e. The zero-order valence-corrected chi connectivity index (χ0v) is 11.5. The Morgan fingerprint density at radius 2 is 2.35 bits per heavy atom. The van der Waals surface area contributed by atoms with Crippen molar-refractivity contribution in [3.8, 4) is 0 Å². The fraction of sp³-hybridized carbons (Fsp3) is 0.538. The highest BCUT2D eigenvalue weighted by Crippen LogP contribution is 2.24. The largest absolute Gasteiger partial charge is 0.375 e. The Morgan fingerprint density at radius 1 is 1.50 bits per heavy atom. The van der Waals surface area contributed by atoms with E-state index in [0.29, 0.717) is 17.8 Å². The van der Waals surface area contributed by atoms with Crippen molar-refractivity contribution in [2.24, 2.45) is 0 Å². The van der Waals surface area contributed by atoms with Crippen LogP contribution in [0.2, 0.25) is 0 Å². The van der Waals surface area contributed by atoms with E-state index in [4.69, 9.17) is 4.74 Å². The highest BCUT2D eigenvalue weighted by molar-refractivity contribution is 5.94. The number of tetrazole rings is 1. The summed E-state index contributed by atoms with van der Waals surface area (Å²) in [6, 6.07) is 3.59. The zero-order valence-electron chi connectivity index (χ0n) is 11.5. The fourth-order valence-electron chi connectivity index (χ4n) is 2.50. The Morgan fingerprint density at radius 3 is 3.15 bits per heavy atom. The summed E-state index contributed by atoms with van der Waals surface area (Å²) < 4.78 is 7.14. The van der Waals surface area contributed by atoms with Gasteiger partial charge in [-0.25, -0.2) is 0 Å². The van der Waals surface area contributed by atoms with Crippen LogP contribution in [0.15, 0.2) is 18.3 Å². The second kappa shape index (κ2) is 4.82. The van der Waals surface area contributed by atoms with Gasteiger partial charge in [0.1, 0.15) is 0 Å². The molecule has 3 heterocycles. The number of hydrogen-bond acceptors (Lipinski definition) is 5. The molecule has 2 aromatic rings. The van der Waals surface area contributed by atoms with Crippen LogP contribution in [0.5, 0.6) is 0 Å². The first kappa shape index (κ1) is 13.0. The molecule has 0 aromatic carbocycles. The number of nitrogens with one attached hydrogen (secondary N) is 1. The van der Waals surface area contributed by atoms with Gasteiger partial charge in [-0.1, -0.05) is 0 Å². The topological polar surface area (TPSA) is 81.4 Å². The molecule has 1 amide bonds. The summed E-state index contributed by atoms with van der Waals surface area (Å²) >= 11 is 0. The number of nitrogens with zero attached hydrogens (tertiary/aromatic N) is 4. The zero-order chi connectivity index (χ0) is 14.2. The van der Waals surface area contributed by atoms with Gasteiger partial charge in [-0.3, -0.25) is 4.79 Å². The van der Waals surface area contributed by atoms with E-state index in [-0.39, 0.29) is 17.6 Å². The van der Waals surface area contributed by atoms with Crippen molar-refractivity contribution in [3.63, 3.8) is 0 Å². The van der Waals surface area contributed by atoms with E-state index in [2.05, 4.69) is 20.8 Å². The quantitative estimate of drug-likeness (QED) is 0.877. The number of aromatic nitrogens is 4. The molecule has 106 valence electrons. The molecular formula is C13H17N5O2. The van der Waals surface area contributed by atoms with E-state index in [0.717, 1.165) is 12.8 Å². The van der Waals surface area contributed by atoms with Crippen molar-refractivity contribution >= 4 is 11.6 Å². The summed E-state index contributed by atoms with van der Waals surface area (Å²) in [5, 5.41) is 14.2. The minimum atomic E-state index is -0.185. The number of ether oxygens (including phenoxy) is 1. The van der Waals surface area contributed by atoms with Crippen LogP contribution in [-0.4, -0.2) is 44.2 Å².